The third-order valence-electron chi connectivity index (χ3n) is 3.40. The molecule has 1 amide bonds. The molecule has 0 aliphatic heterocycles. The molecule has 0 spiro atoms. The summed E-state index contributed by atoms with van der Waals surface area (Å²) in [6.45, 7) is 4.85. The zero-order valence-electron chi connectivity index (χ0n) is 12.8. The van der Waals surface area contributed by atoms with Gasteiger partial charge in [0.15, 0.2) is 0 Å². The number of amides is 1. The van der Waals surface area contributed by atoms with Crippen LogP contribution in [0, 0.1) is 5.41 Å². The molecule has 0 aromatic carbocycles. The van der Waals surface area contributed by atoms with Crippen molar-refractivity contribution in [1.82, 2.24) is 19.9 Å². The highest BCUT2D eigenvalue weighted by atomic mass is 16.2. The fourth-order valence-corrected chi connectivity index (χ4v) is 2.16. The van der Waals surface area contributed by atoms with Crippen molar-refractivity contribution in [3.63, 3.8) is 0 Å². The number of nitrogens with one attached hydrogen (secondary N) is 2. The number of aromatic amines is 2. The largest absolute Gasteiger partial charge is 0.341 e. The first-order valence-electron chi connectivity index (χ1n) is 6.81. The molecule has 118 valence electrons. The zero-order valence-corrected chi connectivity index (χ0v) is 12.8. The molecule has 0 saturated heterocycles. The van der Waals surface area contributed by atoms with Crippen LogP contribution in [0.15, 0.2) is 21.9 Å². The highest BCUT2D eigenvalue weighted by Gasteiger charge is 2.22. The van der Waals surface area contributed by atoms with Gasteiger partial charge >= 0.3 is 5.69 Å². The van der Waals surface area contributed by atoms with Crippen LogP contribution in [0.4, 0.5) is 0 Å². The zero-order chi connectivity index (χ0) is 16.5. The van der Waals surface area contributed by atoms with Crippen molar-refractivity contribution in [3.8, 4) is 0 Å². The number of pyridine rings is 1. The molecule has 0 fully saturated rings. The number of aromatic nitrogens is 3. The lowest BCUT2D eigenvalue weighted by molar-refractivity contribution is 0.0740. The summed E-state index contributed by atoms with van der Waals surface area (Å²) >= 11 is 0. The molecule has 0 saturated carbocycles. The van der Waals surface area contributed by atoms with Crippen molar-refractivity contribution in [2.45, 2.75) is 13.8 Å². The van der Waals surface area contributed by atoms with Crippen LogP contribution in [0.3, 0.4) is 0 Å². The van der Waals surface area contributed by atoms with Gasteiger partial charge in [0.2, 0.25) is 0 Å². The van der Waals surface area contributed by atoms with Gasteiger partial charge in [-0.2, -0.15) is 0 Å². The summed E-state index contributed by atoms with van der Waals surface area (Å²) < 4.78 is 0. The number of rotatable bonds is 4. The average Bonchev–Trinajstić information content (AvgIpc) is 2.45. The lowest BCUT2D eigenvalue weighted by atomic mass is 9.93. The number of H-pyrrole nitrogens is 2. The Morgan fingerprint density at radius 3 is 2.68 bits per heavy atom. The third-order valence-corrected chi connectivity index (χ3v) is 3.40. The van der Waals surface area contributed by atoms with Crippen LogP contribution in [0.2, 0.25) is 0 Å². The van der Waals surface area contributed by atoms with E-state index in [1.165, 1.54) is 17.2 Å². The van der Waals surface area contributed by atoms with Gasteiger partial charge in [0.25, 0.3) is 11.5 Å². The van der Waals surface area contributed by atoms with E-state index in [1.54, 1.807) is 7.05 Å². The van der Waals surface area contributed by atoms with Crippen LogP contribution in [0.1, 0.15) is 24.2 Å². The third kappa shape index (κ3) is 3.22. The first-order chi connectivity index (χ1) is 10.2. The van der Waals surface area contributed by atoms with Crippen LogP contribution < -0.4 is 17.0 Å². The summed E-state index contributed by atoms with van der Waals surface area (Å²) in [7, 11) is 1.67. The first-order valence-corrected chi connectivity index (χ1v) is 6.81. The standard InChI is InChI=1S/C14H19N5O3/c1-14(2,6-15)7-19(3)12(21)8-4-9-10(16-5-8)17-13(22)18-11(9)20/h4-5H,6-7,15H2,1-3H3,(H2,16,17,18,20,22). The van der Waals surface area contributed by atoms with Crippen molar-refractivity contribution in [3.05, 3.63) is 38.7 Å². The maximum atomic E-state index is 12.4. The van der Waals surface area contributed by atoms with Crippen molar-refractivity contribution in [2.75, 3.05) is 20.1 Å². The molecule has 0 aliphatic carbocycles. The molecule has 0 bridgehead atoms. The Labute approximate surface area is 126 Å². The number of nitrogens with zero attached hydrogens (tertiary/aromatic N) is 2. The summed E-state index contributed by atoms with van der Waals surface area (Å²) in [5.41, 5.74) is 4.68. The number of hydrogen-bond donors (Lipinski definition) is 3. The summed E-state index contributed by atoms with van der Waals surface area (Å²) in [6.07, 6.45) is 1.34. The van der Waals surface area contributed by atoms with Crippen LogP contribution >= 0.6 is 0 Å². The Morgan fingerprint density at radius 2 is 2.05 bits per heavy atom. The highest BCUT2D eigenvalue weighted by Crippen LogP contribution is 2.16. The molecule has 2 aromatic heterocycles. The molecule has 2 rings (SSSR count). The Morgan fingerprint density at radius 1 is 1.36 bits per heavy atom. The molecule has 0 radical (unpaired) electrons. The van der Waals surface area contributed by atoms with Crippen LogP contribution in [-0.4, -0.2) is 45.9 Å². The Kier molecular flexibility index (Phi) is 4.14. The number of fused-ring (bicyclic) bond motifs is 1. The van der Waals surface area contributed by atoms with Gasteiger partial charge in [-0.25, -0.2) is 9.78 Å². The lowest BCUT2D eigenvalue weighted by Crippen LogP contribution is -2.39. The quantitative estimate of drug-likeness (QED) is 0.713. The molecule has 2 heterocycles. The van der Waals surface area contributed by atoms with E-state index in [0.717, 1.165) is 0 Å². The monoisotopic (exact) mass is 305 g/mol. The van der Waals surface area contributed by atoms with Gasteiger partial charge in [-0.1, -0.05) is 13.8 Å². The number of nitrogens with two attached hydrogens (primary N) is 1. The topological polar surface area (TPSA) is 125 Å². The van der Waals surface area contributed by atoms with E-state index < -0.39 is 11.2 Å². The van der Waals surface area contributed by atoms with Crippen molar-refractivity contribution in [2.24, 2.45) is 11.1 Å². The normalized spacial score (nSPS) is 11.6. The predicted octanol–water partition coefficient (Wildman–Crippen LogP) is -0.332. The van der Waals surface area contributed by atoms with Crippen molar-refractivity contribution >= 4 is 16.9 Å². The SMILES string of the molecule is CN(CC(C)(C)CN)C(=O)c1cnc2[nH]c(=O)[nH]c(=O)c2c1. The molecule has 22 heavy (non-hydrogen) atoms. The Balaban J connectivity index is 2.37. The van der Waals surface area contributed by atoms with Crippen molar-refractivity contribution < 1.29 is 4.79 Å². The van der Waals surface area contributed by atoms with E-state index in [-0.39, 0.29) is 27.9 Å². The summed E-state index contributed by atoms with van der Waals surface area (Å²) in [4.78, 5) is 45.4. The van der Waals surface area contributed by atoms with Gasteiger partial charge in [0, 0.05) is 19.8 Å². The van der Waals surface area contributed by atoms with E-state index in [9.17, 15) is 14.4 Å². The van der Waals surface area contributed by atoms with E-state index in [2.05, 4.69) is 15.0 Å². The lowest BCUT2D eigenvalue weighted by Gasteiger charge is -2.29. The molecule has 8 heteroatoms. The minimum absolute atomic E-state index is 0.148. The minimum atomic E-state index is -0.633. The van der Waals surface area contributed by atoms with E-state index in [1.807, 2.05) is 13.8 Å². The smallest absolute Gasteiger partial charge is 0.327 e. The van der Waals surface area contributed by atoms with Gasteiger partial charge in [-0.3, -0.25) is 19.6 Å². The minimum Gasteiger partial charge on any atom is -0.341 e. The van der Waals surface area contributed by atoms with Gasteiger partial charge in [0.05, 0.1) is 10.9 Å². The average molecular weight is 305 g/mol. The van der Waals surface area contributed by atoms with E-state index in [0.29, 0.717) is 13.1 Å². The number of hydrogen-bond acceptors (Lipinski definition) is 5. The fourth-order valence-electron chi connectivity index (χ4n) is 2.16. The Hall–Kier alpha value is -2.48. The molecule has 2 aromatic rings. The maximum Gasteiger partial charge on any atom is 0.327 e. The highest BCUT2D eigenvalue weighted by molar-refractivity contribution is 5.96. The molecule has 0 aliphatic rings. The maximum absolute atomic E-state index is 12.4. The molecular formula is C14H19N5O3. The molecule has 4 N–H and O–H groups in total. The van der Waals surface area contributed by atoms with E-state index >= 15 is 0 Å². The van der Waals surface area contributed by atoms with Crippen molar-refractivity contribution in [1.29, 1.82) is 0 Å². The number of carbonyl (C=O) groups is 1. The van der Waals surface area contributed by atoms with E-state index in [4.69, 9.17) is 5.73 Å². The first kappa shape index (κ1) is 15.9. The van der Waals surface area contributed by atoms with Crippen LogP contribution in [0.5, 0.6) is 0 Å². The predicted molar refractivity (Wildman–Crippen MR) is 82.8 cm³/mol. The van der Waals surface area contributed by atoms with Gasteiger partial charge in [-0.05, 0) is 18.0 Å². The summed E-state index contributed by atoms with van der Waals surface area (Å²) in [5.74, 6) is -0.262. The summed E-state index contributed by atoms with van der Waals surface area (Å²) in [5, 5.41) is 0.164. The second-order valence-corrected chi connectivity index (χ2v) is 6.06. The fraction of sp³-hybridized carbons (Fsp3) is 0.429. The molecule has 8 nitrogen and oxygen atoms in total. The van der Waals surface area contributed by atoms with Gasteiger partial charge < -0.3 is 10.6 Å². The Bertz CT molecular complexity index is 821. The molecule has 0 atom stereocenters. The second kappa shape index (κ2) is 5.72. The van der Waals surface area contributed by atoms with Gasteiger partial charge in [-0.15, -0.1) is 0 Å². The molecule has 0 unspecified atom stereocenters. The van der Waals surface area contributed by atoms with Crippen LogP contribution in [0.25, 0.3) is 11.0 Å². The summed E-state index contributed by atoms with van der Waals surface area (Å²) in [6, 6.07) is 1.42. The second-order valence-electron chi connectivity index (χ2n) is 6.06. The van der Waals surface area contributed by atoms with Crippen LogP contribution in [-0.2, 0) is 0 Å². The number of carbonyl (C=O) groups excluding carboxylic acids is 1. The molecular weight excluding hydrogens is 286 g/mol. The van der Waals surface area contributed by atoms with Gasteiger partial charge in [0.1, 0.15) is 5.65 Å².